The average molecular weight is 309 g/mol. The van der Waals surface area contributed by atoms with Crippen LogP contribution in [0.1, 0.15) is 5.56 Å². The third kappa shape index (κ3) is 3.60. The van der Waals surface area contributed by atoms with Gasteiger partial charge in [-0.05, 0) is 31.2 Å². The maximum Gasteiger partial charge on any atom is 0.222 e. The molecule has 6 heteroatoms. The van der Waals surface area contributed by atoms with Crippen molar-refractivity contribution in [2.24, 2.45) is 0 Å². The van der Waals surface area contributed by atoms with Crippen LogP contribution in [0.4, 0.5) is 17.5 Å². The molecule has 1 aromatic carbocycles. The first kappa shape index (κ1) is 14.9. The van der Waals surface area contributed by atoms with Gasteiger partial charge in [-0.15, -0.1) is 0 Å². The van der Waals surface area contributed by atoms with Crippen LogP contribution in [0.2, 0.25) is 0 Å². The molecule has 0 saturated carbocycles. The molecule has 0 amide bonds. The van der Waals surface area contributed by atoms with Crippen molar-refractivity contribution in [2.75, 3.05) is 29.5 Å². The fourth-order valence-corrected chi connectivity index (χ4v) is 2.30. The maximum absolute atomic E-state index is 5.81. The lowest BCUT2D eigenvalue weighted by molar-refractivity contribution is 0.579. The normalized spacial score (nSPS) is 10.5. The minimum Gasteiger partial charge on any atom is -0.463 e. The summed E-state index contributed by atoms with van der Waals surface area (Å²) in [4.78, 5) is 8.54. The van der Waals surface area contributed by atoms with Gasteiger partial charge in [0.1, 0.15) is 11.5 Å². The number of benzene rings is 1. The Kier molecular flexibility index (Phi) is 4.42. The smallest absolute Gasteiger partial charge is 0.222 e. The van der Waals surface area contributed by atoms with Crippen LogP contribution < -0.4 is 16.4 Å². The highest BCUT2D eigenvalue weighted by Gasteiger charge is 2.13. The van der Waals surface area contributed by atoms with E-state index < -0.39 is 0 Å². The van der Waals surface area contributed by atoms with Crippen LogP contribution in [-0.2, 0) is 0 Å². The molecule has 0 radical (unpaired) electrons. The molecule has 0 aliphatic rings. The van der Waals surface area contributed by atoms with E-state index in [1.165, 1.54) is 0 Å². The predicted molar refractivity (Wildman–Crippen MR) is 92.3 cm³/mol. The van der Waals surface area contributed by atoms with Crippen molar-refractivity contribution in [1.82, 2.24) is 9.97 Å². The van der Waals surface area contributed by atoms with Crippen LogP contribution in [0.15, 0.2) is 53.1 Å². The van der Waals surface area contributed by atoms with Crippen molar-refractivity contribution in [3.8, 4) is 11.5 Å². The highest BCUT2D eigenvalue weighted by molar-refractivity contribution is 5.65. The standard InChI is InChI=1S/C17H19N5O/c1-12-15(14-8-5-11-23-14)21-17(18)22-16(12)20-10-9-19-13-6-3-2-4-7-13/h2-8,11,19H,9-10H2,1H3,(H3,18,20,21,22). The summed E-state index contributed by atoms with van der Waals surface area (Å²) in [6.45, 7) is 3.43. The summed E-state index contributed by atoms with van der Waals surface area (Å²) in [7, 11) is 0. The largest absolute Gasteiger partial charge is 0.463 e. The van der Waals surface area contributed by atoms with Gasteiger partial charge in [-0.1, -0.05) is 18.2 Å². The van der Waals surface area contributed by atoms with E-state index in [0.29, 0.717) is 18.0 Å². The lowest BCUT2D eigenvalue weighted by Gasteiger charge is -2.12. The van der Waals surface area contributed by atoms with E-state index >= 15 is 0 Å². The number of anilines is 3. The Morgan fingerprint density at radius 2 is 1.78 bits per heavy atom. The molecule has 0 atom stereocenters. The van der Waals surface area contributed by atoms with Crippen molar-refractivity contribution in [3.63, 3.8) is 0 Å². The number of furan rings is 1. The number of nitrogen functional groups attached to an aromatic ring is 1. The molecular formula is C17H19N5O. The Morgan fingerprint density at radius 1 is 1.00 bits per heavy atom. The molecule has 6 nitrogen and oxygen atoms in total. The lowest BCUT2D eigenvalue weighted by Crippen LogP contribution is -2.16. The number of hydrogen-bond donors (Lipinski definition) is 3. The second-order valence-corrected chi connectivity index (χ2v) is 5.10. The molecule has 0 spiro atoms. The van der Waals surface area contributed by atoms with E-state index in [4.69, 9.17) is 10.2 Å². The zero-order chi connectivity index (χ0) is 16.1. The summed E-state index contributed by atoms with van der Waals surface area (Å²) in [6.07, 6.45) is 1.62. The molecule has 0 aliphatic heterocycles. The third-order valence-electron chi connectivity index (χ3n) is 3.44. The first-order valence-corrected chi connectivity index (χ1v) is 7.45. The van der Waals surface area contributed by atoms with E-state index in [1.807, 2.05) is 49.4 Å². The Hall–Kier alpha value is -3.02. The van der Waals surface area contributed by atoms with Gasteiger partial charge in [-0.3, -0.25) is 0 Å². The predicted octanol–water partition coefficient (Wildman–Crippen LogP) is 3.15. The van der Waals surface area contributed by atoms with Gasteiger partial charge in [0.25, 0.3) is 0 Å². The molecule has 3 rings (SSSR count). The lowest BCUT2D eigenvalue weighted by atomic mass is 10.2. The summed E-state index contributed by atoms with van der Waals surface area (Å²) >= 11 is 0. The van der Waals surface area contributed by atoms with Crippen molar-refractivity contribution < 1.29 is 4.42 Å². The Balaban J connectivity index is 1.66. The van der Waals surface area contributed by atoms with Gasteiger partial charge in [-0.2, -0.15) is 4.98 Å². The third-order valence-corrected chi connectivity index (χ3v) is 3.44. The van der Waals surface area contributed by atoms with E-state index in [9.17, 15) is 0 Å². The first-order chi connectivity index (χ1) is 11.2. The van der Waals surface area contributed by atoms with Crippen molar-refractivity contribution in [2.45, 2.75) is 6.92 Å². The van der Waals surface area contributed by atoms with Gasteiger partial charge in [0, 0.05) is 24.3 Å². The van der Waals surface area contributed by atoms with Crippen LogP contribution in [0.3, 0.4) is 0 Å². The number of hydrogen-bond acceptors (Lipinski definition) is 6. The highest BCUT2D eigenvalue weighted by Crippen LogP contribution is 2.26. The molecular weight excluding hydrogens is 290 g/mol. The van der Waals surface area contributed by atoms with Crippen LogP contribution in [-0.4, -0.2) is 23.1 Å². The van der Waals surface area contributed by atoms with E-state index in [0.717, 1.165) is 23.6 Å². The van der Waals surface area contributed by atoms with Crippen molar-refractivity contribution in [3.05, 3.63) is 54.3 Å². The Labute approximate surface area is 134 Å². The van der Waals surface area contributed by atoms with Gasteiger partial charge in [0.15, 0.2) is 5.76 Å². The number of nitrogens with zero attached hydrogens (tertiary/aromatic N) is 2. The monoisotopic (exact) mass is 309 g/mol. The van der Waals surface area contributed by atoms with Crippen LogP contribution in [0.5, 0.6) is 0 Å². The molecule has 4 N–H and O–H groups in total. The summed E-state index contributed by atoms with van der Waals surface area (Å²) in [5.41, 5.74) is 8.52. The number of rotatable bonds is 6. The fraction of sp³-hybridized carbons (Fsp3) is 0.176. The van der Waals surface area contributed by atoms with Crippen LogP contribution in [0.25, 0.3) is 11.5 Å². The van der Waals surface area contributed by atoms with Gasteiger partial charge in [0.05, 0.1) is 6.26 Å². The number of para-hydroxylation sites is 1. The summed E-state index contributed by atoms with van der Waals surface area (Å²) < 4.78 is 5.41. The molecule has 0 fully saturated rings. The van der Waals surface area contributed by atoms with Gasteiger partial charge < -0.3 is 20.8 Å². The molecule has 118 valence electrons. The second-order valence-electron chi connectivity index (χ2n) is 5.10. The highest BCUT2D eigenvalue weighted by atomic mass is 16.3. The van der Waals surface area contributed by atoms with E-state index in [-0.39, 0.29) is 5.95 Å². The van der Waals surface area contributed by atoms with Gasteiger partial charge in [-0.25, -0.2) is 4.98 Å². The number of aromatic nitrogens is 2. The molecule has 0 unspecified atom stereocenters. The molecule has 0 saturated heterocycles. The SMILES string of the molecule is Cc1c(NCCNc2ccccc2)nc(N)nc1-c1ccco1. The second kappa shape index (κ2) is 6.83. The average Bonchev–Trinajstić information content (AvgIpc) is 3.09. The Morgan fingerprint density at radius 3 is 2.52 bits per heavy atom. The molecule has 0 aliphatic carbocycles. The summed E-state index contributed by atoms with van der Waals surface area (Å²) in [5.74, 6) is 1.63. The van der Waals surface area contributed by atoms with Crippen LogP contribution in [0, 0.1) is 6.92 Å². The molecule has 2 heterocycles. The molecule has 0 bridgehead atoms. The molecule has 3 aromatic rings. The zero-order valence-electron chi connectivity index (χ0n) is 12.9. The van der Waals surface area contributed by atoms with Crippen LogP contribution >= 0.6 is 0 Å². The van der Waals surface area contributed by atoms with E-state index in [2.05, 4.69) is 20.6 Å². The van der Waals surface area contributed by atoms with Gasteiger partial charge >= 0.3 is 0 Å². The molecule has 2 aromatic heterocycles. The van der Waals surface area contributed by atoms with Gasteiger partial charge in [0.2, 0.25) is 5.95 Å². The Bertz CT molecular complexity index is 756. The minimum atomic E-state index is 0.223. The minimum absolute atomic E-state index is 0.223. The first-order valence-electron chi connectivity index (χ1n) is 7.45. The fourth-order valence-electron chi connectivity index (χ4n) is 2.30. The summed E-state index contributed by atoms with van der Waals surface area (Å²) in [6, 6.07) is 13.7. The number of nitrogens with two attached hydrogens (primary N) is 1. The number of nitrogens with one attached hydrogen (secondary N) is 2. The zero-order valence-corrected chi connectivity index (χ0v) is 12.9. The van der Waals surface area contributed by atoms with Crippen molar-refractivity contribution >= 4 is 17.5 Å². The topological polar surface area (TPSA) is 89.0 Å². The quantitative estimate of drug-likeness (QED) is 0.606. The van der Waals surface area contributed by atoms with E-state index in [1.54, 1.807) is 6.26 Å². The summed E-state index contributed by atoms with van der Waals surface area (Å²) in [5, 5.41) is 6.63. The molecule has 23 heavy (non-hydrogen) atoms. The maximum atomic E-state index is 5.81. The van der Waals surface area contributed by atoms with Crippen molar-refractivity contribution in [1.29, 1.82) is 0 Å².